The molecule has 0 atom stereocenters. The standard InChI is InChI=1S/C18H14N4OS3/c19-13-5-6-14-15(9-13)26-18(21-14)25-10-11-1-3-12(4-2-11)16(23)22-17-20-7-8-24-17/h1-9H,10,19H2,(H,20,22,23). The van der Waals surface area contributed by atoms with Gasteiger partial charge in [-0.05, 0) is 35.9 Å². The molecule has 0 bridgehead atoms. The number of carbonyl (C=O) groups is 1. The minimum absolute atomic E-state index is 0.150. The number of aromatic nitrogens is 2. The second kappa shape index (κ2) is 7.45. The SMILES string of the molecule is Nc1ccc2nc(SCc3ccc(C(=O)Nc4nccs4)cc3)sc2c1. The second-order valence-electron chi connectivity index (χ2n) is 5.48. The molecule has 4 aromatic rings. The van der Waals surface area contributed by atoms with Gasteiger partial charge < -0.3 is 5.73 Å². The van der Waals surface area contributed by atoms with Gasteiger partial charge in [-0.1, -0.05) is 23.9 Å². The molecule has 2 aromatic heterocycles. The Kier molecular flexibility index (Phi) is 4.87. The number of thioether (sulfide) groups is 1. The maximum absolute atomic E-state index is 12.2. The number of rotatable bonds is 5. The number of nitrogens with two attached hydrogens (primary N) is 1. The zero-order chi connectivity index (χ0) is 17.9. The van der Waals surface area contributed by atoms with E-state index in [2.05, 4.69) is 15.3 Å². The molecule has 2 aromatic carbocycles. The molecule has 0 saturated heterocycles. The maximum Gasteiger partial charge on any atom is 0.257 e. The van der Waals surface area contributed by atoms with Gasteiger partial charge in [-0.2, -0.15) is 0 Å². The summed E-state index contributed by atoms with van der Waals surface area (Å²) < 4.78 is 2.11. The van der Waals surface area contributed by atoms with Crippen molar-refractivity contribution in [2.75, 3.05) is 11.1 Å². The van der Waals surface area contributed by atoms with Crippen molar-refractivity contribution in [1.29, 1.82) is 0 Å². The van der Waals surface area contributed by atoms with Crippen molar-refractivity contribution < 1.29 is 4.79 Å². The van der Waals surface area contributed by atoms with Gasteiger partial charge >= 0.3 is 0 Å². The fourth-order valence-corrected chi connectivity index (χ4v) is 4.93. The van der Waals surface area contributed by atoms with Gasteiger partial charge in [-0.15, -0.1) is 22.7 Å². The number of fused-ring (bicyclic) bond motifs is 1. The molecule has 0 radical (unpaired) electrons. The van der Waals surface area contributed by atoms with Crippen molar-refractivity contribution in [2.24, 2.45) is 0 Å². The Labute approximate surface area is 162 Å². The van der Waals surface area contributed by atoms with E-state index in [9.17, 15) is 4.79 Å². The number of thiazole rings is 2. The van der Waals surface area contributed by atoms with Crippen LogP contribution in [0, 0.1) is 0 Å². The number of carbonyl (C=O) groups excluding carboxylic acids is 1. The van der Waals surface area contributed by atoms with Crippen LogP contribution < -0.4 is 11.1 Å². The molecule has 0 aliphatic rings. The van der Waals surface area contributed by atoms with Gasteiger partial charge in [0.05, 0.1) is 10.2 Å². The fraction of sp³-hybridized carbons (Fsp3) is 0.0556. The topological polar surface area (TPSA) is 80.9 Å². The average Bonchev–Trinajstić information content (AvgIpc) is 3.29. The summed E-state index contributed by atoms with van der Waals surface area (Å²) in [5, 5.41) is 5.21. The first-order chi connectivity index (χ1) is 12.7. The number of hydrogen-bond donors (Lipinski definition) is 2. The largest absolute Gasteiger partial charge is 0.399 e. The van der Waals surface area contributed by atoms with Crippen molar-refractivity contribution in [3.63, 3.8) is 0 Å². The second-order valence-corrected chi connectivity index (χ2v) is 8.63. The third kappa shape index (κ3) is 3.87. The normalized spacial score (nSPS) is 10.9. The minimum atomic E-state index is -0.150. The molecule has 3 N–H and O–H groups in total. The summed E-state index contributed by atoms with van der Waals surface area (Å²) in [5.74, 6) is 0.645. The zero-order valence-electron chi connectivity index (χ0n) is 13.5. The monoisotopic (exact) mass is 398 g/mol. The molecule has 5 nitrogen and oxygen atoms in total. The van der Waals surface area contributed by atoms with Crippen LogP contribution in [0.3, 0.4) is 0 Å². The van der Waals surface area contributed by atoms with Gasteiger partial charge in [0.2, 0.25) is 0 Å². The highest BCUT2D eigenvalue weighted by Gasteiger charge is 2.09. The summed E-state index contributed by atoms with van der Waals surface area (Å²) in [6.07, 6.45) is 1.66. The molecule has 0 aliphatic heterocycles. The summed E-state index contributed by atoms with van der Waals surface area (Å²) in [4.78, 5) is 20.8. The lowest BCUT2D eigenvalue weighted by atomic mass is 10.1. The van der Waals surface area contributed by atoms with Crippen molar-refractivity contribution in [1.82, 2.24) is 9.97 Å². The smallest absolute Gasteiger partial charge is 0.257 e. The molecule has 2 heterocycles. The molecule has 8 heteroatoms. The number of nitrogens with one attached hydrogen (secondary N) is 1. The van der Waals surface area contributed by atoms with E-state index in [1.54, 1.807) is 29.3 Å². The van der Waals surface area contributed by atoms with Crippen molar-refractivity contribution in [3.05, 3.63) is 65.2 Å². The Hall–Kier alpha value is -2.42. The van der Waals surface area contributed by atoms with Gasteiger partial charge in [-0.3, -0.25) is 10.1 Å². The number of nitrogen functional groups attached to an aromatic ring is 1. The van der Waals surface area contributed by atoms with Gasteiger partial charge in [0, 0.05) is 28.6 Å². The third-order valence-corrected chi connectivity index (χ3v) is 6.54. The lowest BCUT2D eigenvalue weighted by Crippen LogP contribution is -2.11. The van der Waals surface area contributed by atoms with Crippen LogP contribution in [0.1, 0.15) is 15.9 Å². The molecule has 130 valence electrons. The molecule has 1 amide bonds. The van der Waals surface area contributed by atoms with Crippen LogP contribution in [0.15, 0.2) is 58.4 Å². The molecule has 0 fully saturated rings. The number of anilines is 2. The van der Waals surface area contributed by atoms with E-state index in [0.29, 0.717) is 10.7 Å². The lowest BCUT2D eigenvalue weighted by Gasteiger charge is -2.03. The number of benzene rings is 2. The van der Waals surface area contributed by atoms with Gasteiger partial charge in [-0.25, -0.2) is 9.97 Å². The van der Waals surface area contributed by atoms with Crippen LogP contribution in [0.2, 0.25) is 0 Å². The minimum Gasteiger partial charge on any atom is -0.399 e. The molecule has 0 spiro atoms. The Morgan fingerprint density at radius 3 is 2.81 bits per heavy atom. The van der Waals surface area contributed by atoms with Crippen LogP contribution in [-0.2, 0) is 5.75 Å². The van der Waals surface area contributed by atoms with Crippen LogP contribution in [0.4, 0.5) is 10.8 Å². The van der Waals surface area contributed by atoms with Crippen molar-refractivity contribution in [2.45, 2.75) is 10.1 Å². The highest BCUT2D eigenvalue weighted by Crippen LogP contribution is 2.32. The summed E-state index contributed by atoms with van der Waals surface area (Å²) in [6, 6.07) is 13.4. The molecule has 26 heavy (non-hydrogen) atoms. The first-order valence-electron chi connectivity index (χ1n) is 7.76. The Balaban J connectivity index is 1.39. The van der Waals surface area contributed by atoms with Gasteiger partial charge in [0.1, 0.15) is 0 Å². The van der Waals surface area contributed by atoms with Crippen LogP contribution in [-0.4, -0.2) is 15.9 Å². The molecular weight excluding hydrogens is 384 g/mol. The van der Waals surface area contributed by atoms with E-state index < -0.39 is 0 Å². The summed E-state index contributed by atoms with van der Waals surface area (Å²) in [6.45, 7) is 0. The Bertz CT molecular complexity index is 1040. The van der Waals surface area contributed by atoms with Crippen LogP contribution in [0.5, 0.6) is 0 Å². The molecular formula is C18H14N4OS3. The first kappa shape index (κ1) is 17.0. The molecule has 0 unspecified atom stereocenters. The van der Waals surface area contributed by atoms with Crippen LogP contribution in [0.25, 0.3) is 10.2 Å². The highest BCUT2D eigenvalue weighted by atomic mass is 32.2. The summed E-state index contributed by atoms with van der Waals surface area (Å²) >= 11 is 4.72. The van der Waals surface area contributed by atoms with Crippen molar-refractivity contribution >= 4 is 61.4 Å². The van der Waals surface area contributed by atoms with E-state index in [0.717, 1.165) is 31.6 Å². The van der Waals surface area contributed by atoms with Crippen molar-refractivity contribution in [3.8, 4) is 0 Å². The number of nitrogens with zero attached hydrogens (tertiary/aromatic N) is 2. The average molecular weight is 399 g/mol. The van der Waals surface area contributed by atoms with E-state index in [1.165, 1.54) is 11.3 Å². The first-order valence-corrected chi connectivity index (χ1v) is 10.4. The quantitative estimate of drug-likeness (QED) is 0.370. The third-order valence-electron chi connectivity index (χ3n) is 3.62. The fourth-order valence-electron chi connectivity index (χ4n) is 2.33. The zero-order valence-corrected chi connectivity index (χ0v) is 16.0. The van der Waals surface area contributed by atoms with Gasteiger partial charge in [0.15, 0.2) is 9.47 Å². The molecule has 4 rings (SSSR count). The summed E-state index contributed by atoms with van der Waals surface area (Å²) in [5.41, 5.74) is 9.30. The maximum atomic E-state index is 12.2. The predicted molar refractivity (Wildman–Crippen MR) is 110 cm³/mol. The lowest BCUT2D eigenvalue weighted by molar-refractivity contribution is 0.102. The van der Waals surface area contributed by atoms with E-state index in [-0.39, 0.29) is 5.91 Å². The molecule has 0 saturated carbocycles. The Morgan fingerprint density at radius 1 is 1.19 bits per heavy atom. The number of amides is 1. The van der Waals surface area contributed by atoms with E-state index in [1.807, 2.05) is 47.8 Å². The van der Waals surface area contributed by atoms with Gasteiger partial charge in [0.25, 0.3) is 5.91 Å². The summed E-state index contributed by atoms with van der Waals surface area (Å²) in [7, 11) is 0. The van der Waals surface area contributed by atoms with E-state index >= 15 is 0 Å². The number of hydrogen-bond acceptors (Lipinski definition) is 7. The van der Waals surface area contributed by atoms with Crippen LogP contribution >= 0.6 is 34.4 Å². The predicted octanol–water partition coefficient (Wildman–Crippen LogP) is 4.88. The van der Waals surface area contributed by atoms with E-state index in [4.69, 9.17) is 5.73 Å². The highest BCUT2D eigenvalue weighted by molar-refractivity contribution is 8.00. The molecule has 0 aliphatic carbocycles. The Morgan fingerprint density at radius 2 is 2.04 bits per heavy atom.